The smallest absolute Gasteiger partial charge is 0.345 e. The van der Waals surface area contributed by atoms with Crippen LogP contribution in [0.3, 0.4) is 0 Å². The lowest BCUT2D eigenvalue weighted by Gasteiger charge is -2.32. The van der Waals surface area contributed by atoms with Gasteiger partial charge in [0.25, 0.3) is 5.91 Å². The van der Waals surface area contributed by atoms with E-state index in [-0.39, 0.29) is 17.6 Å². The van der Waals surface area contributed by atoms with Gasteiger partial charge in [-0.3, -0.25) is 9.36 Å². The van der Waals surface area contributed by atoms with Crippen LogP contribution in [0.25, 0.3) is 0 Å². The predicted molar refractivity (Wildman–Crippen MR) is 96.6 cm³/mol. The first-order valence-electron chi connectivity index (χ1n) is 9.17. The van der Waals surface area contributed by atoms with Crippen molar-refractivity contribution in [2.75, 3.05) is 20.2 Å². The van der Waals surface area contributed by atoms with Crippen LogP contribution in [0.15, 0.2) is 29.1 Å². The number of hydrogen-bond acceptors (Lipinski definition) is 4. The molecule has 2 aromatic rings. The minimum Gasteiger partial charge on any atom is -0.497 e. The lowest BCUT2D eigenvalue weighted by molar-refractivity contribution is 0.0692. The maximum absolute atomic E-state index is 12.7. The number of carbonyl (C=O) groups excluding carboxylic acids is 1. The van der Waals surface area contributed by atoms with Gasteiger partial charge in [-0.1, -0.05) is 0 Å². The molecule has 0 unspecified atom stereocenters. The van der Waals surface area contributed by atoms with Crippen LogP contribution >= 0.6 is 0 Å². The van der Waals surface area contributed by atoms with Crippen LogP contribution in [-0.4, -0.2) is 45.4 Å². The predicted octanol–water partition coefficient (Wildman–Crippen LogP) is 1.95. The van der Waals surface area contributed by atoms with Gasteiger partial charge in [0.1, 0.15) is 11.6 Å². The van der Waals surface area contributed by atoms with Gasteiger partial charge >= 0.3 is 5.69 Å². The second-order valence-electron chi connectivity index (χ2n) is 7.16. The topological polar surface area (TPSA) is 69.4 Å². The van der Waals surface area contributed by atoms with Gasteiger partial charge in [-0.2, -0.15) is 5.10 Å². The molecule has 2 heterocycles. The van der Waals surface area contributed by atoms with Crippen molar-refractivity contribution in [2.24, 2.45) is 7.05 Å². The van der Waals surface area contributed by atoms with E-state index in [0.29, 0.717) is 24.6 Å². The van der Waals surface area contributed by atoms with Crippen LogP contribution in [0.4, 0.5) is 0 Å². The zero-order chi connectivity index (χ0) is 18.3. The summed E-state index contributed by atoms with van der Waals surface area (Å²) in [5, 5.41) is 4.44. The molecule has 2 aliphatic rings. The summed E-state index contributed by atoms with van der Waals surface area (Å²) in [5.74, 6) is 2.14. The molecule has 4 rings (SSSR count). The Kier molecular flexibility index (Phi) is 4.30. The Morgan fingerprint density at radius 2 is 1.77 bits per heavy atom. The minimum absolute atomic E-state index is 0.0343. The number of carbonyl (C=O) groups is 1. The molecule has 2 fully saturated rings. The summed E-state index contributed by atoms with van der Waals surface area (Å²) in [4.78, 5) is 27.1. The molecule has 1 aliphatic heterocycles. The summed E-state index contributed by atoms with van der Waals surface area (Å²) in [6.45, 7) is 1.31. The molecule has 138 valence electrons. The lowest BCUT2D eigenvalue weighted by atomic mass is 10.0. The molecule has 1 aromatic carbocycles. The van der Waals surface area contributed by atoms with Gasteiger partial charge < -0.3 is 9.64 Å². The average molecular weight is 356 g/mol. The summed E-state index contributed by atoms with van der Waals surface area (Å²) in [6.07, 6.45) is 3.80. The van der Waals surface area contributed by atoms with Crippen molar-refractivity contribution in [2.45, 2.75) is 37.6 Å². The first-order valence-corrected chi connectivity index (χ1v) is 9.17. The van der Waals surface area contributed by atoms with Crippen molar-refractivity contribution in [3.8, 4) is 5.75 Å². The van der Waals surface area contributed by atoms with Gasteiger partial charge in [-0.15, -0.1) is 0 Å². The fourth-order valence-electron chi connectivity index (χ4n) is 3.70. The van der Waals surface area contributed by atoms with Gasteiger partial charge in [-0.25, -0.2) is 9.48 Å². The van der Waals surface area contributed by atoms with Crippen LogP contribution in [0.2, 0.25) is 0 Å². The quantitative estimate of drug-likeness (QED) is 0.840. The van der Waals surface area contributed by atoms with Gasteiger partial charge in [0.05, 0.1) is 7.11 Å². The highest BCUT2D eigenvalue weighted by Gasteiger charge is 2.34. The maximum Gasteiger partial charge on any atom is 0.345 e. The van der Waals surface area contributed by atoms with Crippen molar-refractivity contribution in [3.63, 3.8) is 0 Å². The highest BCUT2D eigenvalue weighted by molar-refractivity contribution is 5.94. The van der Waals surface area contributed by atoms with E-state index in [4.69, 9.17) is 4.74 Å². The fraction of sp³-hybridized carbons (Fsp3) is 0.526. The normalized spacial score (nSPS) is 18.2. The highest BCUT2D eigenvalue weighted by Crippen LogP contribution is 2.40. The summed E-state index contributed by atoms with van der Waals surface area (Å²) >= 11 is 0. The molecular weight excluding hydrogens is 332 g/mol. The number of piperidine rings is 1. The van der Waals surface area contributed by atoms with Crippen LogP contribution < -0.4 is 10.4 Å². The molecule has 0 radical (unpaired) electrons. The van der Waals surface area contributed by atoms with Crippen molar-refractivity contribution in [3.05, 3.63) is 46.1 Å². The second-order valence-corrected chi connectivity index (χ2v) is 7.16. The summed E-state index contributed by atoms with van der Waals surface area (Å²) in [5.41, 5.74) is 0.633. The number of likely N-dealkylation sites (tertiary alicyclic amines) is 1. The molecule has 1 saturated carbocycles. The van der Waals surface area contributed by atoms with Gasteiger partial charge in [0, 0.05) is 37.7 Å². The molecular formula is C19H24N4O3. The van der Waals surface area contributed by atoms with E-state index in [1.165, 1.54) is 4.68 Å². The Morgan fingerprint density at radius 3 is 2.35 bits per heavy atom. The third kappa shape index (κ3) is 3.02. The van der Waals surface area contributed by atoms with Gasteiger partial charge in [0.15, 0.2) is 0 Å². The molecule has 0 N–H and O–H groups in total. The van der Waals surface area contributed by atoms with E-state index in [9.17, 15) is 9.59 Å². The fourth-order valence-corrected chi connectivity index (χ4v) is 3.70. The zero-order valence-corrected chi connectivity index (χ0v) is 15.2. The molecule has 0 bridgehead atoms. The van der Waals surface area contributed by atoms with Crippen LogP contribution in [0.1, 0.15) is 53.8 Å². The standard InChI is InChI=1S/C19H24N4O3/c1-21-19(25)23(17(20-21)13-3-4-13)15-9-11-22(12-10-15)18(24)14-5-7-16(26-2)8-6-14/h5-8,13,15H,3-4,9-12H2,1-2H3. The Bertz CT molecular complexity index is 856. The Balaban J connectivity index is 1.46. The average Bonchev–Trinajstić information content (AvgIpc) is 3.48. The molecule has 7 nitrogen and oxygen atoms in total. The first-order chi connectivity index (χ1) is 12.6. The maximum atomic E-state index is 12.7. The number of methoxy groups -OCH3 is 1. The number of aromatic nitrogens is 3. The second kappa shape index (κ2) is 6.63. The minimum atomic E-state index is -0.0353. The van der Waals surface area contributed by atoms with E-state index < -0.39 is 0 Å². The monoisotopic (exact) mass is 356 g/mol. The SMILES string of the molecule is COc1ccc(C(=O)N2CCC(n3c(C4CC4)nn(C)c3=O)CC2)cc1. The molecule has 1 saturated heterocycles. The Labute approximate surface area is 152 Å². The van der Waals surface area contributed by atoms with Gasteiger partial charge in [-0.05, 0) is 49.9 Å². The molecule has 7 heteroatoms. The van der Waals surface area contributed by atoms with E-state index in [1.807, 2.05) is 9.47 Å². The van der Waals surface area contributed by atoms with E-state index in [0.717, 1.165) is 37.3 Å². The summed E-state index contributed by atoms with van der Waals surface area (Å²) in [6, 6.07) is 7.33. The van der Waals surface area contributed by atoms with Crippen LogP contribution in [0.5, 0.6) is 5.75 Å². The largest absolute Gasteiger partial charge is 0.497 e. The number of ether oxygens (including phenoxy) is 1. The number of hydrogen-bond donors (Lipinski definition) is 0. The van der Waals surface area contributed by atoms with Crippen molar-refractivity contribution in [1.82, 2.24) is 19.2 Å². The first kappa shape index (κ1) is 16.9. The van der Waals surface area contributed by atoms with Crippen LogP contribution in [0, 0.1) is 0 Å². The lowest BCUT2D eigenvalue weighted by Crippen LogP contribution is -2.41. The Morgan fingerprint density at radius 1 is 1.12 bits per heavy atom. The molecule has 1 aliphatic carbocycles. The zero-order valence-electron chi connectivity index (χ0n) is 15.2. The number of benzene rings is 1. The molecule has 0 atom stereocenters. The summed E-state index contributed by atoms with van der Waals surface area (Å²) < 4.78 is 8.47. The van der Waals surface area contributed by atoms with E-state index >= 15 is 0 Å². The third-order valence-electron chi connectivity index (χ3n) is 5.38. The van der Waals surface area contributed by atoms with E-state index in [1.54, 1.807) is 38.4 Å². The molecule has 0 spiro atoms. The third-order valence-corrected chi connectivity index (χ3v) is 5.38. The molecule has 1 aromatic heterocycles. The number of amides is 1. The van der Waals surface area contributed by atoms with E-state index in [2.05, 4.69) is 5.10 Å². The van der Waals surface area contributed by atoms with Crippen molar-refractivity contribution in [1.29, 1.82) is 0 Å². The van der Waals surface area contributed by atoms with Gasteiger partial charge in [0.2, 0.25) is 0 Å². The number of aryl methyl sites for hydroxylation is 1. The van der Waals surface area contributed by atoms with Crippen LogP contribution in [-0.2, 0) is 7.05 Å². The van der Waals surface area contributed by atoms with Crippen molar-refractivity contribution >= 4 is 5.91 Å². The Hall–Kier alpha value is -2.57. The van der Waals surface area contributed by atoms with Crippen molar-refractivity contribution < 1.29 is 9.53 Å². The molecule has 26 heavy (non-hydrogen) atoms. The number of nitrogens with zero attached hydrogens (tertiary/aromatic N) is 4. The summed E-state index contributed by atoms with van der Waals surface area (Å²) in [7, 11) is 3.32. The highest BCUT2D eigenvalue weighted by atomic mass is 16.5. The number of rotatable bonds is 4. The molecule has 1 amide bonds.